The van der Waals surface area contributed by atoms with E-state index in [-0.39, 0.29) is 5.04 Å². The topological polar surface area (TPSA) is 9.23 Å². The first-order valence-electron chi connectivity index (χ1n) is 4.67. The van der Waals surface area contributed by atoms with Gasteiger partial charge in [0.1, 0.15) is 0 Å². The highest BCUT2D eigenvalue weighted by Crippen LogP contribution is 2.39. The molecule has 1 nitrogen and oxygen atoms in total. The van der Waals surface area contributed by atoms with Gasteiger partial charge < -0.3 is 4.43 Å². The first-order valence-corrected chi connectivity index (χ1v) is 10.7. The van der Waals surface area contributed by atoms with E-state index in [0.29, 0.717) is 6.23 Å². The molecule has 0 saturated heterocycles. The first kappa shape index (κ1) is 13.4. The van der Waals surface area contributed by atoms with E-state index in [1.54, 1.807) is 0 Å². The monoisotopic (exact) mass is 236 g/mol. The molecule has 0 N–H and O–H groups in total. The summed E-state index contributed by atoms with van der Waals surface area (Å²) >= 11 is 6.56. The fraction of sp³-hybridized carbons (Fsp3) is 0.778. The summed E-state index contributed by atoms with van der Waals surface area (Å²) in [5.41, 5.74) is 1.94. The molecule has 1 atom stereocenters. The molecule has 1 unspecified atom stereocenters. The van der Waals surface area contributed by atoms with Crippen molar-refractivity contribution in [3.63, 3.8) is 0 Å². The second-order valence-corrected chi connectivity index (χ2v) is 13.1. The van der Waals surface area contributed by atoms with Crippen molar-refractivity contribution in [2.24, 2.45) is 0 Å². The lowest BCUT2D eigenvalue weighted by Gasteiger charge is -2.34. The summed E-state index contributed by atoms with van der Waals surface area (Å²) in [5, 5.41) is 0.125. The van der Waals surface area contributed by atoms with Crippen molar-refractivity contribution in [1.82, 2.24) is 0 Å². The first-order chi connectivity index (χ1) is 5.73. The van der Waals surface area contributed by atoms with Crippen LogP contribution in [-0.4, -0.2) is 22.7 Å². The zero-order valence-corrected chi connectivity index (χ0v) is 12.3. The predicted molar refractivity (Wildman–Crippen MR) is 66.3 cm³/mol. The van der Waals surface area contributed by atoms with Crippen molar-refractivity contribution < 1.29 is 4.43 Å². The molecule has 0 rings (SSSR count). The number of hydrogen-bond acceptors (Lipinski definition) is 1. The summed E-state index contributed by atoms with van der Waals surface area (Å²) in [5.74, 6) is 0. The average molecular weight is 237 g/mol. The zero-order valence-electron chi connectivity index (χ0n) is 9.36. The van der Waals surface area contributed by atoms with Crippen LogP contribution in [0.15, 0.2) is 12.3 Å². The molecule has 0 heterocycles. The lowest BCUT2D eigenvalue weighted by molar-refractivity contribution is 0.387. The van der Waals surface area contributed by atoms with Crippen molar-refractivity contribution in [3.8, 4) is 0 Å². The van der Waals surface area contributed by atoms with Gasteiger partial charge in [0.25, 0.3) is 0 Å². The van der Waals surface area contributed by atoms with Gasteiger partial charge in [-0.25, -0.2) is 0 Å². The number of rotatable bonds is 4. The van der Waals surface area contributed by atoms with Gasteiger partial charge in [-0.15, -0.1) is 6.58 Å². The highest BCUT2D eigenvalue weighted by atomic mass is 35.6. The van der Waals surface area contributed by atoms with E-state index in [1.807, 2.05) is 5.70 Å². The van der Waals surface area contributed by atoms with Gasteiger partial charge in [0.2, 0.25) is 7.38 Å². The molecule has 0 aliphatic heterocycles. The van der Waals surface area contributed by atoms with Gasteiger partial charge in [-0.1, -0.05) is 26.5 Å². The molecule has 0 aromatic heterocycles. The minimum Gasteiger partial charge on any atom is -0.422 e. The van der Waals surface area contributed by atoms with Gasteiger partial charge in [-0.2, -0.15) is 11.1 Å². The molecule has 0 spiro atoms. The highest BCUT2D eigenvalue weighted by molar-refractivity contribution is 7.24. The third kappa shape index (κ3) is 3.98. The molecule has 78 valence electrons. The Balaban J connectivity index is 4.38. The van der Waals surface area contributed by atoms with Gasteiger partial charge in [0.05, 0.1) is 0 Å². The molecule has 0 aliphatic carbocycles. The Kier molecular flexibility index (Phi) is 4.93. The smallest absolute Gasteiger partial charge is 0.208 e. The van der Waals surface area contributed by atoms with Crippen LogP contribution in [0.5, 0.6) is 0 Å². The summed E-state index contributed by atoms with van der Waals surface area (Å²) < 4.78 is 5.72. The summed E-state index contributed by atoms with van der Waals surface area (Å²) in [4.78, 5) is 0. The quantitative estimate of drug-likeness (QED) is 0.538. The van der Waals surface area contributed by atoms with Crippen LogP contribution < -0.4 is 0 Å². The minimum atomic E-state index is -1.94. The summed E-state index contributed by atoms with van der Waals surface area (Å²) in [6.45, 7) is 14.7. The molecule has 4 heteroatoms. The average Bonchev–Trinajstić information content (AvgIpc) is 1.98. The van der Waals surface area contributed by atoms with Crippen LogP contribution in [-0.2, 0) is 4.43 Å². The molecule has 0 saturated carbocycles. The van der Waals surface area contributed by atoms with Gasteiger partial charge >= 0.3 is 0 Å². The van der Waals surface area contributed by atoms with Crippen molar-refractivity contribution in [2.45, 2.75) is 38.9 Å². The molecule has 0 fully saturated rings. The number of hydrogen-bond donors (Lipinski definition) is 0. The maximum atomic E-state index is 6.56. The third-order valence-electron chi connectivity index (χ3n) is 2.20. The molecule has 13 heavy (non-hydrogen) atoms. The van der Waals surface area contributed by atoms with E-state index in [9.17, 15) is 0 Å². The summed E-state index contributed by atoms with van der Waals surface area (Å²) in [7, 11) is -2.89. The predicted octanol–water partition coefficient (Wildman–Crippen LogP) is 3.24. The highest BCUT2D eigenvalue weighted by Gasteiger charge is 2.40. The van der Waals surface area contributed by atoms with E-state index in [0.717, 1.165) is 0 Å². The van der Waals surface area contributed by atoms with Crippen LogP contribution in [0.3, 0.4) is 0 Å². The summed E-state index contributed by atoms with van der Waals surface area (Å²) in [6.07, 6.45) is 0.714. The Morgan fingerprint density at radius 3 is 2.15 bits per heavy atom. The van der Waals surface area contributed by atoms with Crippen LogP contribution in [0.2, 0.25) is 18.1 Å². The second-order valence-electron chi connectivity index (χ2n) is 4.68. The van der Waals surface area contributed by atoms with E-state index >= 15 is 0 Å². The Morgan fingerprint density at radius 1 is 1.46 bits per heavy atom. The molecule has 0 aromatic rings. The lowest BCUT2D eigenvalue weighted by Crippen LogP contribution is -2.43. The zero-order chi connectivity index (χ0) is 10.7. The van der Waals surface area contributed by atoms with Gasteiger partial charge in [0.15, 0.2) is 9.04 Å². The standard InChI is InChI=1S/C9H21ClOSi2/c1-7-13(10,9(2,3)4)8-11-12(5)6/h7,12H,1,8H2,2-6H3. The van der Waals surface area contributed by atoms with Gasteiger partial charge in [0, 0.05) is 6.23 Å². The van der Waals surface area contributed by atoms with Gasteiger partial charge in [-0.3, -0.25) is 0 Å². The fourth-order valence-electron chi connectivity index (χ4n) is 0.870. The normalized spacial score (nSPS) is 17.2. The molecule has 0 bridgehead atoms. The molecule has 0 amide bonds. The molecular weight excluding hydrogens is 216 g/mol. The van der Waals surface area contributed by atoms with Crippen molar-refractivity contribution >= 4 is 27.5 Å². The maximum absolute atomic E-state index is 6.56. The van der Waals surface area contributed by atoms with Crippen LogP contribution in [0.25, 0.3) is 0 Å². The van der Waals surface area contributed by atoms with Crippen molar-refractivity contribution in [1.29, 1.82) is 0 Å². The Labute approximate surface area is 89.6 Å². The SMILES string of the molecule is C=C[Si](Cl)(CO[SiH](C)C)C(C)(C)C. The largest absolute Gasteiger partial charge is 0.422 e. The van der Waals surface area contributed by atoms with Crippen LogP contribution in [0, 0.1) is 0 Å². The number of halogens is 1. The van der Waals surface area contributed by atoms with E-state index in [2.05, 4.69) is 40.4 Å². The summed E-state index contributed by atoms with van der Waals surface area (Å²) in [6, 6.07) is 0. The Hall–Kier alpha value is 0.424. The molecule has 0 aliphatic rings. The third-order valence-corrected chi connectivity index (χ3v) is 9.58. The van der Waals surface area contributed by atoms with E-state index in [1.165, 1.54) is 0 Å². The Bertz CT molecular complexity index is 177. The van der Waals surface area contributed by atoms with Crippen molar-refractivity contribution in [3.05, 3.63) is 12.3 Å². The molecular formula is C9H21ClOSi2. The minimum absolute atomic E-state index is 0.125. The van der Waals surface area contributed by atoms with Crippen LogP contribution in [0.4, 0.5) is 0 Å². The fourth-order valence-corrected chi connectivity index (χ4v) is 4.90. The lowest BCUT2D eigenvalue weighted by atomic mass is 10.2. The molecule has 0 aromatic carbocycles. The second kappa shape index (κ2) is 4.78. The van der Waals surface area contributed by atoms with Crippen LogP contribution >= 0.6 is 11.1 Å². The van der Waals surface area contributed by atoms with Crippen LogP contribution in [0.1, 0.15) is 20.8 Å². The van der Waals surface area contributed by atoms with Crippen molar-refractivity contribution in [2.75, 3.05) is 6.23 Å². The Morgan fingerprint density at radius 2 is 1.92 bits per heavy atom. The van der Waals surface area contributed by atoms with E-state index in [4.69, 9.17) is 15.5 Å². The molecule has 0 radical (unpaired) electrons. The van der Waals surface area contributed by atoms with Gasteiger partial charge in [-0.05, 0) is 18.1 Å². The van der Waals surface area contributed by atoms with E-state index < -0.39 is 16.4 Å². The maximum Gasteiger partial charge on any atom is 0.208 e.